The fraction of sp³-hybridized carbons (Fsp3) is 0.625. The lowest BCUT2D eigenvalue weighted by atomic mass is 10.1. The summed E-state index contributed by atoms with van der Waals surface area (Å²) in [6.07, 6.45) is -10.1. The molecule has 0 aromatic heterocycles. The molecule has 2 aliphatic rings. The highest BCUT2D eigenvalue weighted by atomic mass is 16.8. The molecule has 0 spiro atoms. The van der Waals surface area contributed by atoms with E-state index in [2.05, 4.69) is 0 Å². The molecule has 0 aliphatic carbocycles. The fourth-order valence-corrected chi connectivity index (χ4v) is 3.03. The minimum absolute atomic E-state index is 0.140. The first-order valence-electron chi connectivity index (χ1n) is 8.49. The second kappa shape index (κ2) is 8.63. The molecular formula is C16H21NO11. The Bertz CT molecular complexity index is 671. The van der Waals surface area contributed by atoms with Gasteiger partial charge >= 0.3 is 0 Å². The molecule has 0 saturated carbocycles. The smallest absolute Gasteiger partial charge is 0.269 e. The zero-order chi connectivity index (χ0) is 20.4. The molecule has 28 heavy (non-hydrogen) atoms. The van der Waals surface area contributed by atoms with Crippen molar-refractivity contribution in [3.8, 4) is 5.75 Å². The van der Waals surface area contributed by atoms with Crippen molar-refractivity contribution in [3.05, 3.63) is 34.4 Å². The summed E-state index contributed by atoms with van der Waals surface area (Å²) in [6.45, 7) is -1.09. The van der Waals surface area contributed by atoms with Crippen molar-refractivity contribution >= 4 is 5.69 Å². The SMILES string of the molecule is O=[N+]([O-])c1ccc(O[C@@H]2O[C@@H](CO)[C@H](O[C@@H]3O[C@@H](CO)[C@H](O)[C@H]3O)[C@H]2O)cc1. The summed E-state index contributed by atoms with van der Waals surface area (Å²) < 4.78 is 21.5. The molecule has 0 radical (unpaired) electrons. The Balaban J connectivity index is 1.66. The molecule has 1 aromatic rings. The number of rotatable bonds is 7. The first kappa shape index (κ1) is 20.8. The number of aliphatic hydroxyl groups excluding tert-OH is 5. The highest BCUT2D eigenvalue weighted by molar-refractivity contribution is 5.36. The van der Waals surface area contributed by atoms with Crippen LogP contribution in [-0.2, 0) is 14.2 Å². The molecule has 0 amide bonds. The zero-order valence-corrected chi connectivity index (χ0v) is 14.5. The van der Waals surface area contributed by atoms with Gasteiger partial charge in [-0.15, -0.1) is 0 Å². The number of non-ortho nitro benzene ring substituents is 1. The fourth-order valence-electron chi connectivity index (χ4n) is 3.03. The van der Waals surface area contributed by atoms with E-state index >= 15 is 0 Å². The number of ether oxygens (including phenoxy) is 4. The second-order valence-corrected chi connectivity index (χ2v) is 6.39. The van der Waals surface area contributed by atoms with Gasteiger partial charge in [-0.3, -0.25) is 10.1 Å². The summed E-state index contributed by atoms with van der Waals surface area (Å²) >= 11 is 0. The lowest BCUT2D eigenvalue weighted by molar-refractivity contribution is -0.384. The largest absolute Gasteiger partial charge is 0.462 e. The van der Waals surface area contributed by atoms with Gasteiger partial charge in [0.05, 0.1) is 18.1 Å². The van der Waals surface area contributed by atoms with Crippen LogP contribution in [0.4, 0.5) is 5.69 Å². The van der Waals surface area contributed by atoms with Crippen LogP contribution in [0.25, 0.3) is 0 Å². The maximum absolute atomic E-state index is 10.7. The molecule has 3 rings (SSSR count). The highest BCUT2D eigenvalue weighted by Gasteiger charge is 2.51. The monoisotopic (exact) mass is 403 g/mol. The Hall–Kier alpha value is -1.90. The van der Waals surface area contributed by atoms with Crippen molar-refractivity contribution in [2.24, 2.45) is 0 Å². The number of nitro groups is 1. The third-order valence-electron chi connectivity index (χ3n) is 4.56. The van der Waals surface area contributed by atoms with Crippen LogP contribution >= 0.6 is 0 Å². The molecule has 2 fully saturated rings. The zero-order valence-electron chi connectivity index (χ0n) is 14.5. The van der Waals surface area contributed by atoms with Crippen LogP contribution < -0.4 is 4.74 Å². The Morgan fingerprint density at radius 1 is 0.929 bits per heavy atom. The van der Waals surface area contributed by atoms with Gasteiger partial charge in [-0.2, -0.15) is 0 Å². The predicted octanol–water partition coefficient (Wildman–Crippen LogP) is -2.12. The number of hydrogen-bond acceptors (Lipinski definition) is 11. The van der Waals surface area contributed by atoms with E-state index in [0.717, 1.165) is 0 Å². The molecule has 2 heterocycles. The summed E-state index contributed by atoms with van der Waals surface area (Å²) in [4.78, 5) is 10.1. The third kappa shape index (κ3) is 4.09. The predicted molar refractivity (Wildman–Crippen MR) is 88.1 cm³/mol. The van der Waals surface area contributed by atoms with E-state index in [1.807, 2.05) is 0 Å². The normalized spacial score (nSPS) is 37.9. The van der Waals surface area contributed by atoms with E-state index in [9.17, 15) is 30.5 Å². The standard InChI is InChI=1S/C16H21NO11/c18-5-9-11(20)12(21)15(26-9)28-14-10(6-19)27-16(13(14)22)25-8-3-1-7(2-4-8)17(23)24/h1-4,9-16,18-22H,5-6H2/t9-,10-,11-,12+,13+,14-,15-,16+/m0/s1. The Kier molecular flexibility index (Phi) is 6.42. The number of nitro benzene ring substituents is 1. The molecule has 12 heteroatoms. The van der Waals surface area contributed by atoms with Crippen LogP contribution in [0.2, 0.25) is 0 Å². The van der Waals surface area contributed by atoms with Crippen molar-refractivity contribution < 1.29 is 49.4 Å². The minimum atomic E-state index is -1.47. The molecule has 2 aliphatic heterocycles. The van der Waals surface area contributed by atoms with Crippen LogP contribution in [0.3, 0.4) is 0 Å². The topological polar surface area (TPSA) is 181 Å². The summed E-state index contributed by atoms with van der Waals surface area (Å²) in [5, 5.41) is 59.5. The van der Waals surface area contributed by atoms with Gasteiger partial charge < -0.3 is 44.5 Å². The van der Waals surface area contributed by atoms with Gasteiger partial charge in [0.25, 0.3) is 5.69 Å². The quantitative estimate of drug-likeness (QED) is 0.248. The van der Waals surface area contributed by atoms with Crippen molar-refractivity contribution in [1.82, 2.24) is 0 Å². The molecule has 5 N–H and O–H groups in total. The van der Waals surface area contributed by atoms with Crippen LogP contribution in [0.5, 0.6) is 5.75 Å². The van der Waals surface area contributed by atoms with E-state index in [4.69, 9.17) is 24.1 Å². The average Bonchev–Trinajstić information content (AvgIpc) is 3.13. The van der Waals surface area contributed by atoms with Gasteiger partial charge in [-0.25, -0.2) is 0 Å². The van der Waals surface area contributed by atoms with E-state index in [-0.39, 0.29) is 11.4 Å². The van der Waals surface area contributed by atoms with E-state index in [1.54, 1.807) is 0 Å². The number of benzene rings is 1. The first-order chi connectivity index (χ1) is 13.3. The van der Waals surface area contributed by atoms with E-state index in [1.165, 1.54) is 24.3 Å². The van der Waals surface area contributed by atoms with Crippen LogP contribution in [0.15, 0.2) is 24.3 Å². The number of aliphatic hydroxyl groups is 5. The van der Waals surface area contributed by atoms with Crippen LogP contribution in [-0.4, -0.2) is 92.9 Å². The third-order valence-corrected chi connectivity index (χ3v) is 4.56. The number of hydrogen-bond donors (Lipinski definition) is 5. The lowest BCUT2D eigenvalue weighted by Crippen LogP contribution is -2.43. The summed E-state index contributed by atoms with van der Waals surface area (Å²) in [5.41, 5.74) is -0.140. The maximum Gasteiger partial charge on any atom is 0.269 e. The van der Waals surface area contributed by atoms with Gasteiger partial charge in [0.2, 0.25) is 6.29 Å². The molecule has 8 atom stereocenters. The van der Waals surface area contributed by atoms with Gasteiger partial charge in [-0.1, -0.05) is 0 Å². The van der Waals surface area contributed by atoms with Gasteiger partial charge in [0.15, 0.2) is 6.29 Å². The summed E-state index contributed by atoms with van der Waals surface area (Å²) in [5.74, 6) is 0.180. The van der Waals surface area contributed by atoms with E-state index < -0.39 is 67.3 Å². The molecule has 2 saturated heterocycles. The summed E-state index contributed by atoms with van der Waals surface area (Å²) in [6, 6.07) is 5.07. The second-order valence-electron chi connectivity index (χ2n) is 6.39. The van der Waals surface area contributed by atoms with Crippen LogP contribution in [0.1, 0.15) is 0 Å². The van der Waals surface area contributed by atoms with E-state index in [0.29, 0.717) is 0 Å². The Morgan fingerprint density at radius 2 is 1.54 bits per heavy atom. The molecule has 1 aromatic carbocycles. The van der Waals surface area contributed by atoms with Crippen LogP contribution in [0, 0.1) is 10.1 Å². The molecule has 0 unspecified atom stereocenters. The Morgan fingerprint density at radius 3 is 2.07 bits per heavy atom. The van der Waals surface area contributed by atoms with Gasteiger partial charge in [-0.05, 0) is 12.1 Å². The van der Waals surface area contributed by atoms with Gasteiger partial charge in [0.1, 0.15) is 42.4 Å². The van der Waals surface area contributed by atoms with Crippen molar-refractivity contribution in [1.29, 1.82) is 0 Å². The maximum atomic E-state index is 10.7. The van der Waals surface area contributed by atoms with Crippen molar-refractivity contribution in [3.63, 3.8) is 0 Å². The highest BCUT2D eigenvalue weighted by Crippen LogP contribution is 2.31. The Labute approximate surface area is 158 Å². The lowest BCUT2D eigenvalue weighted by Gasteiger charge is -2.24. The van der Waals surface area contributed by atoms with Crippen molar-refractivity contribution in [2.45, 2.75) is 49.2 Å². The number of nitrogens with zero attached hydrogens (tertiary/aromatic N) is 1. The minimum Gasteiger partial charge on any atom is -0.462 e. The average molecular weight is 403 g/mol. The molecular weight excluding hydrogens is 382 g/mol. The first-order valence-corrected chi connectivity index (χ1v) is 8.49. The van der Waals surface area contributed by atoms with Crippen molar-refractivity contribution in [2.75, 3.05) is 13.2 Å². The molecule has 12 nitrogen and oxygen atoms in total. The molecule has 0 bridgehead atoms. The molecule has 156 valence electrons. The van der Waals surface area contributed by atoms with Gasteiger partial charge in [0, 0.05) is 12.1 Å². The summed E-state index contributed by atoms with van der Waals surface area (Å²) in [7, 11) is 0.